The van der Waals surface area contributed by atoms with Gasteiger partial charge in [-0.05, 0) is 116 Å². The van der Waals surface area contributed by atoms with Crippen molar-refractivity contribution in [2.75, 3.05) is 13.2 Å². The summed E-state index contributed by atoms with van der Waals surface area (Å²) in [6.45, 7) is 6.43. The van der Waals surface area contributed by atoms with Crippen LogP contribution in [0.1, 0.15) is 258 Å². The van der Waals surface area contributed by atoms with Crippen molar-refractivity contribution >= 4 is 17.9 Å². The standard InChI is InChI=1S/C66H108O6/c1-4-7-10-13-16-19-21-23-25-27-29-30-31-32-33-34-35-36-38-39-41-43-45-47-50-53-56-59-65(68)71-62-63(61-70-64(67)58-55-52-49-18-15-12-9-6-3)72-66(69)60-57-54-51-48-46-44-42-40-37-28-26-24-22-20-17-14-11-8-5-2/h7,10,16-17,19-20,23-26,29-30,32-33,35-36,39,41,45,47,63H,4-6,8-9,11-15,18,21-22,27-28,31,34,37-38,40,42-44,46,48-62H2,1-3H3/b10-7-,19-16-,20-17-,25-23-,26-24-,30-29-,33-32-,36-35-,41-39-,47-45-. The summed E-state index contributed by atoms with van der Waals surface area (Å²) < 4.78 is 16.8. The Morgan fingerprint density at radius 1 is 0.292 bits per heavy atom. The first-order chi connectivity index (χ1) is 35.5. The summed E-state index contributed by atoms with van der Waals surface area (Å²) in [4.78, 5) is 38.0. The van der Waals surface area contributed by atoms with Crippen molar-refractivity contribution < 1.29 is 28.6 Å². The average Bonchev–Trinajstić information content (AvgIpc) is 3.38. The highest BCUT2D eigenvalue weighted by atomic mass is 16.6. The molecule has 1 unspecified atom stereocenters. The Kier molecular flexibility index (Phi) is 55.9. The molecule has 0 bridgehead atoms. The van der Waals surface area contributed by atoms with Crippen molar-refractivity contribution in [3.05, 3.63) is 122 Å². The molecule has 408 valence electrons. The first-order valence-electron chi connectivity index (χ1n) is 29.5. The van der Waals surface area contributed by atoms with E-state index in [1.165, 1.54) is 103 Å². The van der Waals surface area contributed by atoms with Crippen LogP contribution in [0.4, 0.5) is 0 Å². The summed E-state index contributed by atoms with van der Waals surface area (Å²) in [7, 11) is 0. The number of unbranched alkanes of at least 4 members (excludes halogenated alkanes) is 21. The molecule has 72 heavy (non-hydrogen) atoms. The van der Waals surface area contributed by atoms with Crippen LogP contribution in [-0.4, -0.2) is 37.2 Å². The maximum atomic E-state index is 12.8. The normalized spacial score (nSPS) is 13.0. The summed E-state index contributed by atoms with van der Waals surface area (Å²) in [5.41, 5.74) is 0. The molecular weight excluding hydrogens is 889 g/mol. The van der Waals surface area contributed by atoms with Gasteiger partial charge in [-0.15, -0.1) is 0 Å². The van der Waals surface area contributed by atoms with E-state index in [9.17, 15) is 14.4 Å². The number of esters is 3. The molecule has 0 aromatic rings. The smallest absolute Gasteiger partial charge is 0.306 e. The lowest BCUT2D eigenvalue weighted by molar-refractivity contribution is -0.167. The molecular formula is C66H108O6. The van der Waals surface area contributed by atoms with Crippen molar-refractivity contribution in [3.63, 3.8) is 0 Å². The highest BCUT2D eigenvalue weighted by Crippen LogP contribution is 2.14. The fourth-order valence-corrected chi connectivity index (χ4v) is 7.78. The third-order valence-corrected chi connectivity index (χ3v) is 12.2. The molecule has 0 aliphatic carbocycles. The summed E-state index contributed by atoms with van der Waals surface area (Å²) in [6.07, 6.45) is 82.1. The minimum atomic E-state index is -0.799. The quantitative estimate of drug-likeness (QED) is 0.0261. The van der Waals surface area contributed by atoms with E-state index in [-0.39, 0.29) is 31.1 Å². The molecule has 0 aromatic heterocycles. The molecule has 0 aliphatic rings. The van der Waals surface area contributed by atoms with E-state index < -0.39 is 6.10 Å². The van der Waals surface area contributed by atoms with Gasteiger partial charge in [0, 0.05) is 19.3 Å². The fraction of sp³-hybridized carbons (Fsp3) is 0.652. The summed E-state index contributed by atoms with van der Waals surface area (Å²) >= 11 is 0. The van der Waals surface area contributed by atoms with E-state index in [0.717, 1.165) is 116 Å². The molecule has 0 aromatic carbocycles. The number of ether oxygens (including phenoxy) is 3. The van der Waals surface area contributed by atoms with Gasteiger partial charge in [0.25, 0.3) is 0 Å². The third-order valence-electron chi connectivity index (χ3n) is 12.2. The van der Waals surface area contributed by atoms with E-state index in [1.807, 2.05) is 0 Å². The first-order valence-corrected chi connectivity index (χ1v) is 29.5. The topological polar surface area (TPSA) is 78.9 Å². The second-order valence-electron chi connectivity index (χ2n) is 19.2. The number of allylic oxidation sites excluding steroid dienone is 20. The highest BCUT2D eigenvalue weighted by molar-refractivity contribution is 5.71. The monoisotopic (exact) mass is 997 g/mol. The predicted molar refractivity (Wildman–Crippen MR) is 311 cm³/mol. The van der Waals surface area contributed by atoms with Gasteiger partial charge >= 0.3 is 17.9 Å². The number of carbonyl (C=O) groups is 3. The van der Waals surface area contributed by atoms with Gasteiger partial charge in [0.05, 0.1) is 0 Å². The molecule has 6 nitrogen and oxygen atoms in total. The van der Waals surface area contributed by atoms with Crippen molar-refractivity contribution in [1.82, 2.24) is 0 Å². The van der Waals surface area contributed by atoms with Gasteiger partial charge in [-0.1, -0.05) is 245 Å². The molecule has 0 saturated carbocycles. The van der Waals surface area contributed by atoms with Crippen LogP contribution < -0.4 is 0 Å². The summed E-state index contributed by atoms with van der Waals surface area (Å²) in [5, 5.41) is 0. The molecule has 0 radical (unpaired) electrons. The SMILES string of the molecule is CC/C=C\C/C=C\C/C=C\C/C=C\C/C=C\C/C=C\C/C=C\C/C=C\CCCCC(=O)OCC(COC(=O)CCCCCCCCCC)OC(=O)CCCCCCCCCCC/C=C\C/C=C\CCCCC. The summed E-state index contributed by atoms with van der Waals surface area (Å²) in [5.74, 6) is -0.950. The van der Waals surface area contributed by atoms with E-state index in [4.69, 9.17) is 14.2 Å². The zero-order valence-corrected chi connectivity index (χ0v) is 46.7. The van der Waals surface area contributed by atoms with Crippen LogP contribution in [0.25, 0.3) is 0 Å². The maximum Gasteiger partial charge on any atom is 0.306 e. The summed E-state index contributed by atoms with van der Waals surface area (Å²) in [6, 6.07) is 0. The van der Waals surface area contributed by atoms with E-state index >= 15 is 0 Å². The molecule has 0 N–H and O–H groups in total. The Hall–Kier alpha value is -4.19. The molecule has 6 heteroatoms. The van der Waals surface area contributed by atoms with Crippen molar-refractivity contribution in [3.8, 4) is 0 Å². The van der Waals surface area contributed by atoms with Crippen LogP contribution in [-0.2, 0) is 28.6 Å². The predicted octanol–water partition coefficient (Wildman–Crippen LogP) is 20.0. The molecule has 0 amide bonds. The van der Waals surface area contributed by atoms with E-state index in [1.54, 1.807) is 0 Å². The van der Waals surface area contributed by atoms with Crippen LogP contribution in [0.15, 0.2) is 122 Å². The number of hydrogen-bond donors (Lipinski definition) is 0. The molecule has 1 atom stereocenters. The lowest BCUT2D eigenvalue weighted by atomic mass is 10.1. The Morgan fingerprint density at radius 3 is 0.903 bits per heavy atom. The molecule has 0 saturated heterocycles. The minimum absolute atomic E-state index is 0.0949. The minimum Gasteiger partial charge on any atom is -0.462 e. The van der Waals surface area contributed by atoms with E-state index in [0.29, 0.717) is 19.3 Å². The lowest BCUT2D eigenvalue weighted by Crippen LogP contribution is -2.30. The van der Waals surface area contributed by atoms with Gasteiger partial charge in [-0.25, -0.2) is 0 Å². The van der Waals surface area contributed by atoms with Gasteiger partial charge in [-0.2, -0.15) is 0 Å². The van der Waals surface area contributed by atoms with Crippen molar-refractivity contribution in [2.45, 2.75) is 264 Å². The van der Waals surface area contributed by atoms with Crippen LogP contribution in [0.5, 0.6) is 0 Å². The van der Waals surface area contributed by atoms with Gasteiger partial charge < -0.3 is 14.2 Å². The second kappa shape index (κ2) is 59.4. The Labute approximate surface area is 443 Å². The Bertz CT molecular complexity index is 1520. The Balaban J connectivity index is 4.34. The largest absolute Gasteiger partial charge is 0.462 e. The van der Waals surface area contributed by atoms with Crippen LogP contribution in [0.3, 0.4) is 0 Å². The lowest BCUT2D eigenvalue weighted by Gasteiger charge is -2.18. The molecule has 0 rings (SSSR count). The zero-order valence-electron chi connectivity index (χ0n) is 46.7. The zero-order chi connectivity index (χ0) is 52.2. The van der Waals surface area contributed by atoms with Crippen LogP contribution in [0, 0.1) is 0 Å². The number of rotatable bonds is 52. The molecule has 0 aliphatic heterocycles. The van der Waals surface area contributed by atoms with E-state index in [2.05, 4.69) is 142 Å². The number of carbonyl (C=O) groups excluding carboxylic acids is 3. The third kappa shape index (κ3) is 56.7. The highest BCUT2D eigenvalue weighted by Gasteiger charge is 2.19. The fourth-order valence-electron chi connectivity index (χ4n) is 7.78. The number of hydrogen-bond acceptors (Lipinski definition) is 6. The molecule has 0 heterocycles. The van der Waals surface area contributed by atoms with Crippen LogP contribution >= 0.6 is 0 Å². The Morgan fingerprint density at radius 2 is 0.542 bits per heavy atom. The second-order valence-corrected chi connectivity index (χ2v) is 19.2. The van der Waals surface area contributed by atoms with Crippen LogP contribution in [0.2, 0.25) is 0 Å². The van der Waals surface area contributed by atoms with Gasteiger partial charge in [-0.3, -0.25) is 14.4 Å². The van der Waals surface area contributed by atoms with Crippen molar-refractivity contribution in [2.24, 2.45) is 0 Å². The first kappa shape index (κ1) is 67.8. The van der Waals surface area contributed by atoms with Gasteiger partial charge in [0.2, 0.25) is 0 Å². The van der Waals surface area contributed by atoms with Gasteiger partial charge in [0.1, 0.15) is 13.2 Å². The molecule has 0 fully saturated rings. The average molecular weight is 998 g/mol. The molecule has 0 spiro atoms. The van der Waals surface area contributed by atoms with Crippen molar-refractivity contribution in [1.29, 1.82) is 0 Å². The maximum absolute atomic E-state index is 12.8. The van der Waals surface area contributed by atoms with Gasteiger partial charge in [0.15, 0.2) is 6.10 Å².